The number of nitrogens with two attached hydrogens (primary N) is 1. The molecule has 0 spiro atoms. The van der Waals surface area contributed by atoms with E-state index in [2.05, 4.69) is 0 Å². The highest BCUT2D eigenvalue weighted by Crippen LogP contribution is 1.96. The van der Waals surface area contributed by atoms with Gasteiger partial charge in [-0.3, -0.25) is 15.3 Å². The normalized spacial score (nSPS) is 11.1. The average Bonchev–Trinajstić information content (AvgIpc) is 1.91. The number of primary amides is 1. The van der Waals surface area contributed by atoms with Gasteiger partial charge in [0.15, 0.2) is 0 Å². The van der Waals surface area contributed by atoms with Gasteiger partial charge in [-0.25, -0.2) is 0 Å². The summed E-state index contributed by atoms with van der Waals surface area (Å²) in [5.41, 5.74) is 4.91. The molecule has 4 heteroatoms. The van der Waals surface area contributed by atoms with E-state index in [1.165, 1.54) is 0 Å². The minimum absolute atomic E-state index is 0.0417. The summed E-state index contributed by atoms with van der Waals surface area (Å²) < 4.78 is 0. The van der Waals surface area contributed by atoms with Crippen LogP contribution in [0.4, 0.5) is 0 Å². The van der Waals surface area contributed by atoms with Crippen LogP contribution in [0, 0.1) is 5.92 Å². The molecule has 1 unspecified atom stereocenters. The molecule has 0 fully saturated rings. The monoisotopic (exact) mass is 135 g/mol. The topological polar surface area (TPSA) is 83.6 Å². The van der Waals surface area contributed by atoms with Crippen molar-refractivity contribution >= 4 is 5.91 Å². The molecule has 56 valence electrons. The van der Waals surface area contributed by atoms with Crippen LogP contribution < -0.4 is 5.73 Å². The van der Waals surface area contributed by atoms with Crippen molar-refractivity contribution in [1.29, 1.82) is 0 Å². The van der Waals surface area contributed by atoms with Gasteiger partial charge >= 0.3 is 0 Å². The first kappa shape index (κ1) is 11.2. The third-order valence-corrected chi connectivity index (χ3v) is 1.10. The number of rotatable bonds is 2. The Kier molecular flexibility index (Phi) is 9.21. The molecule has 0 aromatic carbocycles. The predicted molar refractivity (Wildman–Crippen MR) is 33.9 cm³/mol. The SMILES string of the molecule is CCC(C)C(N)=O.OO. The molecule has 9 heavy (non-hydrogen) atoms. The van der Waals surface area contributed by atoms with Crippen LogP contribution in [-0.4, -0.2) is 16.4 Å². The zero-order valence-electron chi connectivity index (χ0n) is 5.66. The van der Waals surface area contributed by atoms with Gasteiger partial charge in [0.1, 0.15) is 0 Å². The maximum Gasteiger partial charge on any atom is 0.220 e. The highest BCUT2D eigenvalue weighted by molar-refractivity contribution is 5.76. The first-order valence-corrected chi connectivity index (χ1v) is 2.67. The van der Waals surface area contributed by atoms with Gasteiger partial charge in [0, 0.05) is 5.92 Å². The predicted octanol–water partition coefficient (Wildman–Crippen LogP) is 0.535. The van der Waals surface area contributed by atoms with E-state index in [-0.39, 0.29) is 11.8 Å². The molecule has 0 saturated carbocycles. The second-order valence-electron chi connectivity index (χ2n) is 1.71. The van der Waals surface area contributed by atoms with Gasteiger partial charge in [-0.1, -0.05) is 13.8 Å². The molecular formula is C5H13NO3. The summed E-state index contributed by atoms with van der Waals surface area (Å²) in [4.78, 5) is 10.2. The fourth-order valence-electron chi connectivity index (χ4n) is 0.201. The number of amides is 1. The van der Waals surface area contributed by atoms with E-state index in [4.69, 9.17) is 16.2 Å². The van der Waals surface area contributed by atoms with Crippen molar-refractivity contribution in [3.05, 3.63) is 0 Å². The second-order valence-corrected chi connectivity index (χ2v) is 1.71. The first-order chi connectivity index (χ1) is 4.18. The van der Waals surface area contributed by atoms with E-state index in [0.717, 1.165) is 6.42 Å². The summed E-state index contributed by atoms with van der Waals surface area (Å²) >= 11 is 0. The lowest BCUT2D eigenvalue weighted by molar-refractivity contribution is -0.176. The molecule has 0 aromatic heterocycles. The van der Waals surface area contributed by atoms with Gasteiger partial charge in [-0.15, -0.1) is 0 Å². The molecule has 0 aliphatic rings. The molecule has 4 nitrogen and oxygen atoms in total. The van der Waals surface area contributed by atoms with Crippen molar-refractivity contribution in [3.63, 3.8) is 0 Å². The first-order valence-electron chi connectivity index (χ1n) is 2.67. The van der Waals surface area contributed by atoms with Gasteiger partial charge in [-0.05, 0) is 6.42 Å². The third kappa shape index (κ3) is 7.39. The molecule has 0 aliphatic carbocycles. The van der Waals surface area contributed by atoms with Crippen LogP contribution in [0.3, 0.4) is 0 Å². The highest BCUT2D eigenvalue weighted by Gasteiger charge is 2.02. The van der Waals surface area contributed by atoms with Crippen LogP contribution in [-0.2, 0) is 4.79 Å². The van der Waals surface area contributed by atoms with Gasteiger partial charge in [0.2, 0.25) is 5.91 Å². The van der Waals surface area contributed by atoms with E-state index >= 15 is 0 Å². The Morgan fingerprint density at radius 3 is 2.00 bits per heavy atom. The maximum absolute atomic E-state index is 10.2. The number of carbonyl (C=O) groups is 1. The lowest BCUT2D eigenvalue weighted by Crippen LogP contribution is -2.19. The number of hydrogen-bond donors (Lipinski definition) is 3. The van der Waals surface area contributed by atoms with Gasteiger partial charge in [0.25, 0.3) is 0 Å². The maximum atomic E-state index is 10.2. The zero-order valence-corrected chi connectivity index (χ0v) is 5.66. The molecule has 1 amide bonds. The van der Waals surface area contributed by atoms with Crippen LogP contribution in [0.25, 0.3) is 0 Å². The van der Waals surface area contributed by atoms with Crippen LogP contribution in [0.5, 0.6) is 0 Å². The summed E-state index contributed by atoms with van der Waals surface area (Å²) in [6.45, 7) is 3.76. The van der Waals surface area contributed by atoms with E-state index in [9.17, 15) is 4.79 Å². The minimum atomic E-state index is -0.206. The molecule has 1 atom stereocenters. The van der Waals surface area contributed by atoms with E-state index in [1.807, 2.05) is 13.8 Å². The molecule has 0 heterocycles. The van der Waals surface area contributed by atoms with Crippen LogP contribution in [0.15, 0.2) is 0 Å². The van der Waals surface area contributed by atoms with Crippen molar-refractivity contribution in [2.75, 3.05) is 0 Å². The average molecular weight is 135 g/mol. The Morgan fingerprint density at radius 2 is 2.00 bits per heavy atom. The Balaban J connectivity index is 0. The molecule has 0 saturated heterocycles. The molecule has 0 aliphatic heterocycles. The lowest BCUT2D eigenvalue weighted by Gasteiger charge is -1.98. The molecule has 4 N–H and O–H groups in total. The highest BCUT2D eigenvalue weighted by atomic mass is 17.0. The minimum Gasteiger partial charge on any atom is -0.369 e. The Hall–Kier alpha value is -0.610. The summed E-state index contributed by atoms with van der Waals surface area (Å²) in [5.74, 6) is -0.164. The fourth-order valence-corrected chi connectivity index (χ4v) is 0.201. The largest absolute Gasteiger partial charge is 0.369 e. The quantitative estimate of drug-likeness (QED) is 0.381. The van der Waals surface area contributed by atoms with Crippen LogP contribution in [0.1, 0.15) is 20.3 Å². The summed E-state index contributed by atoms with van der Waals surface area (Å²) in [6.07, 6.45) is 0.843. The van der Waals surface area contributed by atoms with E-state index in [1.54, 1.807) is 0 Å². The standard InChI is InChI=1S/C5H11NO.H2O2/c1-3-4(2)5(6)7;1-2/h4H,3H2,1-2H3,(H2,6,7);1-2H. The number of hydrogen-bond acceptors (Lipinski definition) is 3. The van der Waals surface area contributed by atoms with Crippen molar-refractivity contribution in [2.24, 2.45) is 11.7 Å². The summed E-state index contributed by atoms with van der Waals surface area (Å²) in [6, 6.07) is 0. The van der Waals surface area contributed by atoms with Crippen molar-refractivity contribution in [3.8, 4) is 0 Å². The lowest BCUT2D eigenvalue weighted by atomic mass is 10.1. The van der Waals surface area contributed by atoms with Gasteiger partial charge in [0.05, 0.1) is 0 Å². The Labute approximate surface area is 54.2 Å². The molecular weight excluding hydrogens is 122 g/mol. The van der Waals surface area contributed by atoms with E-state index in [0.29, 0.717) is 0 Å². The molecule has 0 rings (SSSR count). The molecule has 0 aromatic rings. The van der Waals surface area contributed by atoms with Crippen LogP contribution >= 0.6 is 0 Å². The molecule has 0 radical (unpaired) electrons. The van der Waals surface area contributed by atoms with Gasteiger partial charge < -0.3 is 5.73 Å². The smallest absolute Gasteiger partial charge is 0.220 e. The summed E-state index contributed by atoms with van der Waals surface area (Å²) in [7, 11) is 0. The van der Waals surface area contributed by atoms with E-state index < -0.39 is 0 Å². The third-order valence-electron chi connectivity index (χ3n) is 1.10. The zero-order chi connectivity index (χ0) is 7.86. The van der Waals surface area contributed by atoms with Crippen molar-refractivity contribution in [1.82, 2.24) is 0 Å². The van der Waals surface area contributed by atoms with Gasteiger partial charge in [-0.2, -0.15) is 0 Å². The number of carbonyl (C=O) groups excluding carboxylic acids is 1. The Bertz CT molecular complexity index is 74.6. The fraction of sp³-hybridized carbons (Fsp3) is 0.800. The molecule has 0 bridgehead atoms. The van der Waals surface area contributed by atoms with Crippen molar-refractivity contribution in [2.45, 2.75) is 20.3 Å². The second kappa shape index (κ2) is 7.39. The Morgan fingerprint density at radius 1 is 1.67 bits per heavy atom. The summed E-state index contributed by atoms with van der Waals surface area (Å²) in [5, 5.41) is 12.0. The van der Waals surface area contributed by atoms with Crippen molar-refractivity contribution < 1.29 is 15.3 Å². The van der Waals surface area contributed by atoms with Crippen LogP contribution in [0.2, 0.25) is 0 Å².